The molecular weight excluding hydrogens is 248 g/mol. The second-order valence-electron chi connectivity index (χ2n) is 5.37. The van der Waals surface area contributed by atoms with Gasteiger partial charge in [-0.2, -0.15) is 0 Å². The summed E-state index contributed by atoms with van der Waals surface area (Å²) in [6, 6.07) is 9.76. The van der Waals surface area contributed by atoms with Crippen LogP contribution in [-0.4, -0.2) is 18.5 Å². The lowest BCUT2D eigenvalue weighted by Crippen LogP contribution is -2.43. The maximum absolute atomic E-state index is 11.5. The number of carbonyl (C=O) groups excluding carboxylic acids is 1. The molecule has 1 amide bonds. The number of amides is 1. The van der Waals surface area contributed by atoms with Crippen LogP contribution in [0, 0.1) is 0 Å². The SMILES string of the molecule is CCCCCCCCN[C@H](Cc1ccccc1)C(N)=O. The van der Waals surface area contributed by atoms with E-state index in [4.69, 9.17) is 5.73 Å². The van der Waals surface area contributed by atoms with Crippen LogP contribution in [0.2, 0.25) is 0 Å². The molecule has 0 aromatic heterocycles. The Labute approximate surface area is 122 Å². The van der Waals surface area contributed by atoms with E-state index in [2.05, 4.69) is 12.2 Å². The normalized spacial score (nSPS) is 12.2. The summed E-state index contributed by atoms with van der Waals surface area (Å²) in [5.41, 5.74) is 6.61. The minimum Gasteiger partial charge on any atom is -0.368 e. The van der Waals surface area contributed by atoms with Gasteiger partial charge in [-0.3, -0.25) is 4.79 Å². The largest absolute Gasteiger partial charge is 0.368 e. The third-order valence-corrected chi connectivity index (χ3v) is 3.55. The van der Waals surface area contributed by atoms with Gasteiger partial charge in [-0.15, -0.1) is 0 Å². The fraction of sp³-hybridized carbons (Fsp3) is 0.588. The highest BCUT2D eigenvalue weighted by molar-refractivity contribution is 5.80. The Bertz CT molecular complexity index is 365. The Kier molecular flexibility index (Phi) is 8.72. The number of unbranched alkanes of at least 4 members (excludes halogenated alkanes) is 5. The highest BCUT2D eigenvalue weighted by atomic mass is 16.1. The van der Waals surface area contributed by atoms with Crippen molar-refractivity contribution in [3.05, 3.63) is 35.9 Å². The first-order chi connectivity index (χ1) is 9.74. The van der Waals surface area contributed by atoms with Gasteiger partial charge in [0.05, 0.1) is 6.04 Å². The molecular formula is C17H28N2O. The van der Waals surface area contributed by atoms with E-state index < -0.39 is 0 Å². The minimum absolute atomic E-state index is 0.256. The molecule has 1 aromatic carbocycles. The maximum atomic E-state index is 11.5. The molecule has 1 atom stereocenters. The molecule has 0 bridgehead atoms. The predicted octanol–water partition coefficient (Wildman–Crippen LogP) is 3.03. The average molecular weight is 276 g/mol. The first-order valence-electron chi connectivity index (χ1n) is 7.80. The van der Waals surface area contributed by atoms with E-state index in [1.54, 1.807) is 0 Å². The van der Waals surface area contributed by atoms with Crippen LogP contribution in [0.3, 0.4) is 0 Å². The van der Waals surface area contributed by atoms with Crippen molar-refractivity contribution in [1.82, 2.24) is 5.32 Å². The summed E-state index contributed by atoms with van der Waals surface area (Å²) in [5.74, 6) is -0.264. The molecule has 3 heteroatoms. The maximum Gasteiger partial charge on any atom is 0.234 e. The van der Waals surface area contributed by atoms with Crippen LogP contribution in [-0.2, 0) is 11.2 Å². The van der Waals surface area contributed by atoms with Crippen LogP contribution in [0.25, 0.3) is 0 Å². The summed E-state index contributed by atoms with van der Waals surface area (Å²) in [6.45, 7) is 3.09. The third-order valence-electron chi connectivity index (χ3n) is 3.55. The number of rotatable bonds is 11. The van der Waals surface area contributed by atoms with Crippen molar-refractivity contribution in [2.75, 3.05) is 6.54 Å². The van der Waals surface area contributed by atoms with Crippen molar-refractivity contribution < 1.29 is 4.79 Å². The zero-order valence-electron chi connectivity index (χ0n) is 12.6. The zero-order chi connectivity index (χ0) is 14.6. The second kappa shape index (κ2) is 10.4. The summed E-state index contributed by atoms with van der Waals surface area (Å²) < 4.78 is 0. The van der Waals surface area contributed by atoms with E-state index in [9.17, 15) is 4.79 Å². The standard InChI is InChI=1S/C17H28N2O/c1-2-3-4-5-6-10-13-19-16(17(18)20)14-15-11-8-7-9-12-15/h7-9,11-12,16,19H,2-6,10,13-14H2,1H3,(H2,18,20)/t16-/m1/s1. The first-order valence-corrected chi connectivity index (χ1v) is 7.80. The Morgan fingerprint density at radius 3 is 2.40 bits per heavy atom. The molecule has 0 saturated carbocycles. The molecule has 0 saturated heterocycles. The molecule has 0 unspecified atom stereocenters. The second-order valence-corrected chi connectivity index (χ2v) is 5.37. The molecule has 0 aliphatic carbocycles. The quantitative estimate of drug-likeness (QED) is 0.610. The number of nitrogens with two attached hydrogens (primary N) is 1. The zero-order valence-corrected chi connectivity index (χ0v) is 12.6. The molecule has 0 spiro atoms. The van der Waals surface area contributed by atoms with Gasteiger partial charge >= 0.3 is 0 Å². The van der Waals surface area contributed by atoms with Gasteiger partial charge in [-0.05, 0) is 24.9 Å². The van der Waals surface area contributed by atoms with E-state index >= 15 is 0 Å². The molecule has 0 radical (unpaired) electrons. The van der Waals surface area contributed by atoms with E-state index in [0.29, 0.717) is 6.42 Å². The number of benzene rings is 1. The van der Waals surface area contributed by atoms with Crippen molar-refractivity contribution in [2.24, 2.45) is 5.73 Å². The van der Waals surface area contributed by atoms with Gasteiger partial charge in [0.2, 0.25) is 5.91 Å². The van der Waals surface area contributed by atoms with Crippen LogP contribution in [0.1, 0.15) is 51.0 Å². The van der Waals surface area contributed by atoms with Crippen LogP contribution < -0.4 is 11.1 Å². The van der Waals surface area contributed by atoms with Crippen LogP contribution in [0.4, 0.5) is 0 Å². The van der Waals surface area contributed by atoms with Gasteiger partial charge in [-0.1, -0.05) is 69.4 Å². The van der Waals surface area contributed by atoms with Gasteiger partial charge in [-0.25, -0.2) is 0 Å². The number of carbonyl (C=O) groups is 1. The summed E-state index contributed by atoms with van der Waals surface area (Å²) in [5, 5.41) is 3.28. The van der Waals surface area contributed by atoms with Crippen molar-refractivity contribution in [2.45, 2.75) is 57.9 Å². The van der Waals surface area contributed by atoms with Crippen molar-refractivity contribution in [3.63, 3.8) is 0 Å². The lowest BCUT2D eigenvalue weighted by molar-refractivity contribution is -0.120. The van der Waals surface area contributed by atoms with E-state index in [1.807, 2.05) is 30.3 Å². The van der Waals surface area contributed by atoms with Crippen LogP contribution in [0.5, 0.6) is 0 Å². The lowest BCUT2D eigenvalue weighted by Gasteiger charge is -2.15. The molecule has 0 aliphatic rings. The highest BCUT2D eigenvalue weighted by Crippen LogP contribution is 2.06. The first kappa shape index (κ1) is 16.7. The Balaban J connectivity index is 2.21. The average Bonchev–Trinajstić information content (AvgIpc) is 2.46. The summed E-state index contributed by atoms with van der Waals surface area (Å²) in [4.78, 5) is 11.5. The van der Waals surface area contributed by atoms with Gasteiger partial charge < -0.3 is 11.1 Å². The highest BCUT2D eigenvalue weighted by Gasteiger charge is 2.14. The summed E-state index contributed by atoms with van der Waals surface area (Å²) in [6.07, 6.45) is 8.22. The number of hydrogen-bond acceptors (Lipinski definition) is 2. The Hall–Kier alpha value is -1.35. The van der Waals surface area contributed by atoms with E-state index in [0.717, 1.165) is 18.5 Å². The van der Waals surface area contributed by atoms with Crippen molar-refractivity contribution in [3.8, 4) is 0 Å². The lowest BCUT2D eigenvalue weighted by atomic mass is 10.1. The van der Waals surface area contributed by atoms with Gasteiger partial charge in [0.1, 0.15) is 0 Å². The molecule has 0 fully saturated rings. The number of primary amides is 1. The van der Waals surface area contributed by atoms with Crippen molar-refractivity contribution in [1.29, 1.82) is 0 Å². The smallest absolute Gasteiger partial charge is 0.234 e. The summed E-state index contributed by atoms with van der Waals surface area (Å²) in [7, 11) is 0. The van der Waals surface area contributed by atoms with Gasteiger partial charge in [0.15, 0.2) is 0 Å². The Morgan fingerprint density at radius 2 is 1.75 bits per heavy atom. The van der Waals surface area contributed by atoms with Gasteiger partial charge in [0, 0.05) is 0 Å². The molecule has 0 aliphatic heterocycles. The molecule has 0 heterocycles. The van der Waals surface area contributed by atoms with E-state index in [1.165, 1.54) is 32.1 Å². The molecule has 20 heavy (non-hydrogen) atoms. The fourth-order valence-corrected chi connectivity index (χ4v) is 2.30. The van der Waals surface area contributed by atoms with Crippen LogP contribution >= 0.6 is 0 Å². The molecule has 112 valence electrons. The van der Waals surface area contributed by atoms with Crippen LogP contribution in [0.15, 0.2) is 30.3 Å². The topological polar surface area (TPSA) is 55.1 Å². The molecule has 3 nitrogen and oxygen atoms in total. The van der Waals surface area contributed by atoms with Gasteiger partial charge in [0.25, 0.3) is 0 Å². The number of hydrogen-bond donors (Lipinski definition) is 2. The predicted molar refractivity (Wildman–Crippen MR) is 84.5 cm³/mol. The van der Waals surface area contributed by atoms with Crippen molar-refractivity contribution >= 4 is 5.91 Å². The molecule has 1 rings (SSSR count). The molecule has 3 N–H and O–H groups in total. The van der Waals surface area contributed by atoms with E-state index in [-0.39, 0.29) is 11.9 Å². The minimum atomic E-state index is -0.264. The number of nitrogens with one attached hydrogen (secondary N) is 1. The molecule has 1 aromatic rings. The Morgan fingerprint density at radius 1 is 1.10 bits per heavy atom. The summed E-state index contributed by atoms with van der Waals surface area (Å²) >= 11 is 0. The monoisotopic (exact) mass is 276 g/mol. The fourth-order valence-electron chi connectivity index (χ4n) is 2.30. The third kappa shape index (κ3) is 7.29.